The quantitative estimate of drug-likeness (QED) is 0.126. The number of benzene rings is 2. The molecule has 0 spiro atoms. The van der Waals surface area contributed by atoms with E-state index in [0.717, 1.165) is 45.8 Å². The number of carbonyl (C=O) groups excluding carboxylic acids is 2. The fraction of sp³-hybridized carbons (Fsp3) is 0.308. The molecule has 2 aromatic carbocycles. The van der Waals surface area contributed by atoms with Crippen molar-refractivity contribution >= 4 is 58.6 Å². The summed E-state index contributed by atoms with van der Waals surface area (Å²) < 4.78 is 11.0. The summed E-state index contributed by atoms with van der Waals surface area (Å²) >= 11 is 0. The van der Waals surface area contributed by atoms with Crippen LogP contribution in [0.4, 0.5) is 0 Å². The zero-order valence-corrected chi connectivity index (χ0v) is 21.5. The number of hydrogen-bond acceptors (Lipinski definition) is 6. The van der Waals surface area contributed by atoms with Crippen molar-refractivity contribution < 1.29 is 19.1 Å². The van der Waals surface area contributed by atoms with Gasteiger partial charge in [0.25, 0.3) is 0 Å². The van der Waals surface area contributed by atoms with Crippen LogP contribution in [-0.4, -0.2) is 35.0 Å². The molecule has 2 heterocycles. The van der Waals surface area contributed by atoms with Crippen molar-refractivity contribution in [2.24, 2.45) is 11.5 Å². The molecule has 194 valence electrons. The van der Waals surface area contributed by atoms with Crippen LogP contribution in [0.2, 0.25) is 0 Å². The topological polar surface area (TPSA) is 136 Å². The van der Waals surface area contributed by atoms with E-state index in [0.29, 0.717) is 37.4 Å². The molecule has 0 aliphatic heterocycles. The number of fused-ring (bicyclic) bond motifs is 2. The van der Waals surface area contributed by atoms with Crippen molar-refractivity contribution in [1.82, 2.24) is 9.97 Å². The van der Waals surface area contributed by atoms with Gasteiger partial charge in [-0.3, -0.25) is 9.59 Å². The van der Waals surface area contributed by atoms with Crippen LogP contribution >= 0.6 is 24.8 Å². The van der Waals surface area contributed by atoms with E-state index >= 15 is 0 Å². The summed E-state index contributed by atoms with van der Waals surface area (Å²) in [4.78, 5) is 30.9. The molecule has 0 saturated heterocycles. The van der Waals surface area contributed by atoms with Crippen molar-refractivity contribution in [2.75, 3.05) is 13.1 Å². The summed E-state index contributed by atoms with van der Waals surface area (Å²) in [6, 6.07) is 11.0. The van der Waals surface area contributed by atoms with Crippen LogP contribution in [0.5, 0.6) is 11.5 Å². The van der Waals surface area contributed by atoms with Gasteiger partial charge in [-0.1, -0.05) is 0 Å². The normalized spacial score (nSPS) is 10.6. The second kappa shape index (κ2) is 13.9. The van der Waals surface area contributed by atoms with Gasteiger partial charge in [0.15, 0.2) is 0 Å². The smallest absolute Gasteiger partial charge is 0.311 e. The predicted octanol–water partition coefficient (Wildman–Crippen LogP) is 4.57. The van der Waals surface area contributed by atoms with Crippen LogP contribution in [0.1, 0.15) is 36.8 Å². The number of hydrogen-bond donors (Lipinski definition) is 4. The number of aromatic nitrogens is 2. The fourth-order valence-electron chi connectivity index (χ4n) is 4.07. The molecule has 0 radical (unpaired) electrons. The van der Waals surface area contributed by atoms with E-state index in [4.69, 9.17) is 20.9 Å². The third-order valence-electron chi connectivity index (χ3n) is 5.78. The molecule has 6 N–H and O–H groups in total. The van der Waals surface area contributed by atoms with Gasteiger partial charge in [0, 0.05) is 47.0 Å². The first-order valence-corrected chi connectivity index (χ1v) is 11.6. The first kappa shape index (κ1) is 29.2. The summed E-state index contributed by atoms with van der Waals surface area (Å²) in [6.45, 7) is 1.10. The maximum Gasteiger partial charge on any atom is 0.311 e. The van der Waals surface area contributed by atoms with E-state index < -0.39 is 0 Å². The average molecular weight is 535 g/mol. The largest absolute Gasteiger partial charge is 0.427 e. The van der Waals surface area contributed by atoms with Crippen LogP contribution in [-0.2, 0) is 22.4 Å². The highest BCUT2D eigenvalue weighted by Gasteiger charge is 2.11. The molecule has 8 nitrogen and oxygen atoms in total. The third kappa shape index (κ3) is 7.24. The molecule has 0 aliphatic carbocycles. The monoisotopic (exact) mass is 534 g/mol. The number of H-pyrrole nitrogens is 2. The average Bonchev–Trinajstić information content (AvgIpc) is 3.41. The Morgan fingerprint density at radius 3 is 1.50 bits per heavy atom. The number of nitrogens with one attached hydrogen (secondary N) is 2. The number of unbranched alkanes of at least 4 members (excludes halogenated alkanes) is 1. The zero-order chi connectivity index (χ0) is 23.9. The first-order valence-electron chi connectivity index (χ1n) is 11.6. The number of nitrogens with two attached hydrogens (primary N) is 2. The second-order valence-electron chi connectivity index (χ2n) is 8.28. The molecular formula is C26H32Cl2N4O4. The molecule has 0 atom stereocenters. The van der Waals surface area contributed by atoms with Crippen LogP contribution in [0.15, 0.2) is 48.8 Å². The molecule has 36 heavy (non-hydrogen) atoms. The Balaban J connectivity index is 0.00000228. The molecule has 10 heteroatoms. The minimum atomic E-state index is -0.325. The number of carbonyl (C=O) groups is 2. The SMILES string of the molecule is Cl.Cl.NCCc1c[nH]c2ccc(OC(=O)CCCCC(=O)Oc3ccc4[nH]cc(CCN)c4c3)cc12. The summed E-state index contributed by atoms with van der Waals surface area (Å²) in [6.07, 6.45) is 6.89. The number of aromatic amines is 2. The van der Waals surface area contributed by atoms with Crippen molar-refractivity contribution in [3.05, 3.63) is 59.9 Å². The van der Waals surface area contributed by atoms with Gasteiger partial charge in [-0.25, -0.2) is 0 Å². The van der Waals surface area contributed by atoms with Gasteiger partial charge in [-0.2, -0.15) is 0 Å². The van der Waals surface area contributed by atoms with E-state index in [-0.39, 0.29) is 49.6 Å². The maximum absolute atomic E-state index is 12.2. The maximum atomic E-state index is 12.2. The van der Waals surface area contributed by atoms with Gasteiger partial charge in [-0.05, 0) is 86.3 Å². The lowest BCUT2D eigenvalue weighted by Gasteiger charge is -2.06. The van der Waals surface area contributed by atoms with E-state index in [1.807, 2.05) is 36.7 Å². The number of rotatable bonds is 11. The van der Waals surface area contributed by atoms with Gasteiger partial charge in [0.05, 0.1) is 0 Å². The standard InChI is InChI=1S/C26H30N4O4.2ClH/c27-11-9-17-15-29-23-7-5-19(13-21(17)23)33-25(31)3-1-2-4-26(32)34-20-6-8-24-22(14-20)18(10-12-28)16-30-24;;/h5-8,13-16,29-30H,1-4,9-12,27-28H2;2*1H. The molecule has 0 fully saturated rings. The summed E-state index contributed by atoms with van der Waals surface area (Å²) in [7, 11) is 0. The molecule has 0 bridgehead atoms. The highest BCUT2D eigenvalue weighted by atomic mass is 35.5. The molecule has 2 aromatic heterocycles. The summed E-state index contributed by atoms with van der Waals surface area (Å²) in [5.74, 6) is 0.357. The van der Waals surface area contributed by atoms with Crippen LogP contribution in [0, 0.1) is 0 Å². The predicted molar refractivity (Wildman–Crippen MR) is 146 cm³/mol. The highest BCUT2D eigenvalue weighted by molar-refractivity contribution is 5.87. The minimum Gasteiger partial charge on any atom is -0.427 e. The lowest BCUT2D eigenvalue weighted by atomic mass is 10.1. The Hall–Kier alpha value is -3.04. The molecule has 0 unspecified atom stereocenters. The Labute approximate surface area is 221 Å². The molecule has 4 aromatic rings. The molecule has 4 rings (SSSR count). The molecule has 0 saturated carbocycles. The van der Waals surface area contributed by atoms with E-state index in [1.165, 1.54) is 0 Å². The van der Waals surface area contributed by atoms with Crippen molar-refractivity contribution in [1.29, 1.82) is 0 Å². The molecule has 0 amide bonds. The number of halogens is 2. The molecular weight excluding hydrogens is 503 g/mol. The second-order valence-corrected chi connectivity index (χ2v) is 8.28. The van der Waals surface area contributed by atoms with Crippen molar-refractivity contribution in [3.63, 3.8) is 0 Å². The zero-order valence-electron chi connectivity index (χ0n) is 19.9. The van der Waals surface area contributed by atoms with Crippen LogP contribution in [0.25, 0.3) is 21.8 Å². The van der Waals surface area contributed by atoms with Crippen LogP contribution in [0.3, 0.4) is 0 Å². The van der Waals surface area contributed by atoms with Gasteiger partial charge in [0.2, 0.25) is 0 Å². The summed E-state index contributed by atoms with van der Waals surface area (Å²) in [5, 5.41) is 2.01. The number of esters is 2. The third-order valence-corrected chi connectivity index (χ3v) is 5.78. The highest BCUT2D eigenvalue weighted by Crippen LogP contribution is 2.26. The van der Waals surface area contributed by atoms with Gasteiger partial charge in [-0.15, -0.1) is 24.8 Å². The Bertz CT molecular complexity index is 1200. The van der Waals surface area contributed by atoms with Crippen molar-refractivity contribution in [2.45, 2.75) is 38.5 Å². The van der Waals surface area contributed by atoms with E-state index in [9.17, 15) is 9.59 Å². The van der Waals surface area contributed by atoms with Gasteiger partial charge >= 0.3 is 11.9 Å². The summed E-state index contributed by atoms with van der Waals surface area (Å²) in [5.41, 5.74) is 15.5. The Kier molecular flexibility index (Phi) is 11.3. The first-order chi connectivity index (χ1) is 16.6. The van der Waals surface area contributed by atoms with Gasteiger partial charge < -0.3 is 30.9 Å². The van der Waals surface area contributed by atoms with Crippen LogP contribution < -0.4 is 20.9 Å². The minimum absolute atomic E-state index is 0. The lowest BCUT2D eigenvalue weighted by Crippen LogP contribution is -2.10. The van der Waals surface area contributed by atoms with E-state index in [1.54, 1.807) is 12.1 Å². The number of ether oxygens (including phenoxy) is 2. The fourth-order valence-corrected chi connectivity index (χ4v) is 4.07. The molecule has 0 aliphatic rings. The Morgan fingerprint density at radius 1 is 0.694 bits per heavy atom. The van der Waals surface area contributed by atoms with E-state index in [2.05, 4.69) is 9.97 Å². The lowest BCUT2D eigenvalue weighted by molar-refractivity contribution is -0.136. The van der Waals surface area contributed by atoms with Gasteiger partial charge in [0.1, 0.15) is 11.5 Å². The van der Waals surface area contributed by atoms with Crippen molar-refractivity contribution in [3.8, 4) is 11.5 Å². The Morgan fingerprint density at radius 2 is 1.11 bits per heavy atom.